The number of amides is 2. The Labute approximate surface area is 210 Å². The van der Waals surface area contributed by atoms with Crippen LogP contribution in [0.1, 0.15) is 61.3 Å². The van der Waals surface area contributed by atoms with Crippen LogP contribution in [0.25, 0.3) is 0 Å². The third-order valence-electron chi connectivity index (χ3n) is 4.57. The molecule has 206 valence electrons. The second kappa shape index (κ2) is 18.1. The van der Waals surface area contributed by atoms with Gasteiger partial charge in [-0.25, -0.2) is 18.0 Å². The van der Waals surface area contributed by atoms with Crippen molar-refractivity contribution in [2.24, 2.45) is 11.8 Å². The second-order valence-corrected chi connectivity index (χ2v) is 10.4. The summed E-state index contributed by atoms with van der Waals surface area (Å²) >= 11 is 0. The molecule has 0 rings (SSSR count). The minimum Gasteiger partial charge on any atom is -0.748 e. The normalized spacial score (nSPS) is 12.9. The zero-order chi connectivity index (χ0) is 27.7. The average molecular weight is 524 g/mol. The van der Waals surface area contributed by atoms with Gasteiger partial charge in [0.2, 0.25) is 5.91 Å². The van der Waals surface area contributed by atoms with Gasteiger partial charge in [-0.05, 0) is 33.1 Å². The lowest BCUT2D eigenvalue weighted by atomic mass is 10.0. The number of alkyl carbamates (subject to hydrolysis) is 1. The Morgan fingerprint density at radius 2 is 1.63 bits per heavy atom. The quantitative estimate of drug-likeness (QED) is 0.142. The van der Waals surface area contributed by atoms with Crippen LogP contribution in [0.15, 0.2) is 12.2 Å². The number of carbonyl (C=O) groups is 3. The van der Waals surface area contributed by atoms with Crippen molar-refractivity contribution in [3.63, 3.8) is 0 Å². The van der Waals surface area contributed by atoms with E-state index in [1.54, 1.807) is 13.8 Å². The predicted octanol–water partition coefficient (Wildman–Crippen LogP) is 2.37. The van der Waals surface area contributed by atoms with Gasteiger partial charge in [0.1, 0.15) is 13.2 Å². The first-order chi connectivity index (χ1) is 16.0. The van der Waals surface area contributed by atoms with E-state index in [0.717, 1.165) is 6.42 Å². The van der Waals surface area contributed by atoms with Crippen LogP contribution in [0.5, 0.6) is 0 Å². The Bertz CT molecular complexity index is 767. The highest BCUT2D eigenvalue weighted by Crippen LogP contribution is 2.09. The summed E-state index contributed by atoms with van der Waals surface area (Å²) in [6.07, 6.45) is 1.18. The lowest BCUT2D eigenvalue weighted by Gasteiger charge is -2.28. The number of ether oxygens (including phenoxy) is 3. The molecule has 2 unspecified atom stereocenters. The van der Waals surface area contributed by atoms with Crippen LogP contribution in [-0.4, -0.2) is 75.2 Å². The van der Waals surface area contributed by atoms with E-state index >= 15 is 0 Å². The van der Waals surface area contributed by atoms with Crippen LogP contribution >= 0.6 is 0 Å². The molecule has 0 heterocycles. The highest BCUT2D eigenvalue weighted by molar-refractivity contribution is 7.85. The van der Waals surface area contributed by atoms with Gasteiger partial charge in [-0.1, -0.05) is 40.7 Å². The predicted molar refractivity (Wildman–Crippen MR) is 132 cm³/mol. The first-order valence-corrected chi connectivity index (χ1v) is 13.2. The second-order valence-electron chi connectivity index (χ2n) is 8.95. The smallest absolute Gasteiger partial charge is 0.407 e. The van der Waals surface area contributed by atoms with Crippen molar-refractivity contribution in [2.75, 3.05) is 38.7 Å². The van der Waals surface area contributed by atoms with E-state index in [-0.39, 0.29) is 31.6 Å². The van der Waals surface area contributed by atoms with Gasteiger partial charge in [0.15, 0.2) is 0 Å². The van der Waals surface area contributed by atoms with Gasteiger partial charge in [0.25, 0.3) is 0 Å². The fraction of sp³-hybridized carbons (Fsp3) is 0.783. The summed E-state index contributed by atoms with van der Waals surface area (Å²) in [5.74, 6) is -0.974. The number of esters is 1. The Morgan fingerprint density at radius 1 is 1.03 bits per heavy atom. The summed E-state index contributed by atoms with van der Waals surface area (Å²) in [4.78, 5) is 33.7. The standard InChI is InChI=1S/C14H25NO5.C9H19NO4S/c1-5-12(4)10-18-8-9-20-14(17)15-6-7-19-13(16)11(2)3;1-5-7(2)8(11)10-9(3,4)6-15(12,13)14/h12H,2,5-10H2,1,3-4H3,(H,15,17);7H,5-6H2,1-4H3,(H,10,11)(H,12,13,14)/p-1. The molecule has 0 saturated carbocycles. The fourth-order valence-corrected chi connectivity index (χ4v) is 3.14. The first-order valence-electron chi connectivity index (χ1n) is 11.6. The van der Waals surface area contributed by atoms with Crippen molar-refractivity contribution in [3.8, 4) is 0 Å². The van der Waals surface area contributed by atoms with Crippen LogP contribution in [0, 0.1) is 11.8 Å². The molecular weight excluding hydrogens is 480 g/mol. The van der Waals surface area contributed by atoms with Gasteiger partial charge >= 0.3 is 12.1 Å². The molecule has 0 bridgehead atoms. The molecule has 12 heteroatoms. The topological polar surface area (TPSA) is 160 Å². The number of hydrogen-bond donors (Lipinski definition) is 2. The maximum Gasteiger partial charge on any atom is 0.407 e. The molecule has 2 N–H and O–H groups in total. The van der Waals surface area contributed by atoms with E-state index in [1.807, 2.05) is 6.92 Å². The van der Waals surface area contributed by atoms with Crippen LogP contribution in [0.2, 0.25) is 0 Å². The van der Waals surface area contributed by atoms with Crippen molar-refractivity contribution < 1.29 is 41.6 Å². The van der Waals surface area contributed by atoms with Crippen LogP contribution in [0.3, 0.4) is 0 Å². The molecule has 2 atom stereocenters. The number of nitrogens with one attached hydrogen (secondary N) is 2. The summed E-state index contributed by atoms with van der Waals surface area (Å²) in [6, 6.07) is 0. The molecule has 0 aromatic carbocycles. The summed E-state index contributed by atoms with van der Waals surface area (Å²) in [6.45, 7) is 17.4. The highest BCUT2D eigenvalue weighted by atomic mass is 32.2. The molecule has 0 aliphatic heterocycles. The highest BCUT2D eigenvalue weighted by Gasteiger charge is 2.25. The minimum absolute atomic E-state index is 0.0886. The summed E-state index contributed by atoms with van der Waals surface area (Å²) in [5.41, 5.74) is -0.688. The zero-order valence-electron chi connectivity index (χ0n) is 22.1. The number of carbonyl (C=O) groups excluding carboxylic acids is 3. The monoisotopic (exact) mass is 523 g/mol. The lowest BCUT2D eigenvalue weighted by Crippen LogP contribution is -2.49. The molecule has 35 heavy (non-hydrogen) atoms. The molecule has 2 amide bonds. The molecule has 0 aromatic heterocycles. The van der Waals surface area contributed by atoms with Crippen molar-refractivity contribution in [2.45, 2.75) is 66.8 Å². The van der Waals surface area contributed by atoms with Gasteiger partial charge in [-0.3, -0.25) is 4.79 Å². The molecule has 0 radical (unpaired) electrons. The fourth-order valence-electron chi connectivity index (χ4n) is 2.19. The third kappa shape index (κ3) is 22.1. The number of rotatable bonds is 15. The van der Waals surface area contributed by atoms with E-state index in [2.05, 4.69) is 31.1 Å². The van der Waals surface area contributed by atoms with Crippen LogP contribution < -0.4 is 10.6 Å². The average Bonchev–Trinajstić information content (AvgIpc) is 2.73. The maximum absolute atomic E-state index is 11.5. The van der Waals surface area contributed by atoms with E-state index in [9.17, 15) is 27.4 Å². The maximum atomic E-state index is 11.5. The van der Waals surface area contributed by atoms with Gasteiger partial charge in [-0.15, -0.1) is 0 Å². The Morgan fingerprint density at radius 3 is 2.11 bits per heavy atom. The Hall–Kier alpha value is -2.18. The first kappa shape index (κ1) is 35.0. The van der Waals surface area contributed by atoms with E-state index < -0.39 is 33.5 Å². The summed E-state index contributed by atoms with van der Waals surface area (Å²) in [5, 5.41) is 5.01. The number of hydrogen-bond acceptors (Lipinski definition) is 9. The van der Waals surface area contributed by atoms with Crippen molar-refractivity contribution in [3.05, 3.63) is 12.2 Å². The SMILES string of the molecule is C=C(C)C(=O)OCCNC(=O)OCCOCC(C)CC.CCC(C)C(=O)NC(C)(C)CS(=O)(=O)[O-]. The molecular formula is C23H43N2O9S-. The van der Waals surface area contributed by atoms with E-state index in [1.165, 1.54) is 13.8 Å². The molecule has 0 fully saturated rings. The van der Waals surface area contributed by atoms with E-state index in [4.69, 9.17) is 14.2 Å². The molecule has 11 nitrogen and oxygen atoms in total. The van der Waals surface area contributed by atoms with Crippen LogP contribution in [0.4, 0.5) is 4.79 Å². The van der Waals surface area contributed by atoms with Gasteiger partial charge < -0.3 is 29.4 Å². The summed E-state index contributed by atoms with van der Waals surface area (Å²) < 4.78 is 46.7. The van der Waals surface area contributed by atoms with Gasteiger partial charge in [0.05, 0.1) is 29.0 Å². The minimum atomic E-state index is -4.32. The molecule has 0 spiro atoms. The van der Waals surface area contributed by atoms with Crippen LogP contribution in [-0.2, 0) is 33.9 Å². The molecule has 0 aromatic rings. The largest absolute Gasteiger partial charge is 0.748 e. The van der Waals surface area contributed by atoms with Crippen molar-refractivity contribution in [1.29, 1.82) is 0 Å². The molecule has 0 aliphatic rings. The Balaban J connectivity index is 0. The molecule has 0 aliphatic carbocycles. The lowest BCUT2D eigenvalue weighted by molar-refractivity contribution is -0.138. The van der Waals surface area contributed by atoms with E-state index in [0.29, 0.717) is 31.1 Å². The summed E-state index contributed by atoms with van der Waals surface area (Å²) in [7, 11) is -4.32. The van der Waals surface area contributed by atoms with Crippen molar-refractivity contribution in [1.82, 2.24) is 10.6 Å². The van der Waals surface area contributed by atoms with Crippen molar-refractivity contribution >= 4 is 28.1 Å². The molecule has 0 saturated heterocycles. The van der Waals surface area contributed by atoms with Gasteiger partial charge in [0, 0.05) is 23.6 Å². The zero-order valence-corrected chi connectivity index (χ0v) is 22.9. The Kier molecular flexibility index (Phi) is 18.1. The van der Waals surface area contributed by atoms with Gasteiger partial charge in [-0.2, -0.15) is 0 Å². The third-order valence-corrected chi connectivity index (χ3v) is 5.65.